The second-order valence-corrected chi connectivity index (χ2v) is 3.24. The third kappa shape index (κ3) is 1.48. The fraction of sp³-hybridized carbons (Fsp3) is 0.182. The van der Waals surface area contributed by atoms with Gasteiger partial charge in [-0.15, -0.1) is 0 Å². The van der Waals surface area contributed by atoms with E-state index in [-0.39, 0.29) is 11.5 Å². The fourth-order valence-electron chi connectivity index (χ4n) is 1.54. The van der Waals surface area contributed by atoms with Crippen LogP contribution in [-0.2, 0) is 4.79 Å². The van der Waals surface area contributed by atoms with Crippen molar-refractivity contribution >= 4 is 5.78 Å². The molecular weight excluding hydrogens is 176 g/mol. The van der Waals surface area contributed by atoms with Gasteiger partial charge in [0.15, 0.2) is 5.78 Å². The Morgan fingerprint density at radius 3 is 2.57 bits per heavy atom. The zero-order chi connectivity index (χ0) is 10.9. The van der Waals surface area contributed by atoms with Crippen molar-refractivity contribution in [2.45, 2.75) is 13.3 Å². The summed E-state index contributed by atoms with van der Waals surface area (Å²) in [5, 5.41) is 0. The Morgan fingerprint density at radius 2 is 2.14 bits per heavy atom. The van der Waals surface area contributed by atoms with E-state index in [0.717, 1.165) is 5.57 Å². The van der Waals surface area contributed by atoms with Crippen LogP contribution in [0.15, 0.2) is 47.3 Å². The van der Waals surface area contributed by atoms with E-state index in [4.69, 9.17) is 11.5 Å². The van der Waals surface area contributed by atoms with Crippen molar-refractivity contribution in [1.82, 2.24) is 0 Å². The molecule has 14 heavy (non-hydrogen) atoms. The lowest BCUT2D eigenvalue weighted by Crippen LogP contribution is -2.23. The van der Waals surface area contributed by atoms with Crippen molar-refractivity contribution in [2.24, 2.45) is 11.5 Å². The van der Waals surface area contributed by atoms with E-state index in [0.29, 0.717) is 23.3 Å². The number of hydrogen-bond acceptors (Lipinski definition) is 3. The first kappa shape index (κ1) is 10.3. The highest BCUT2D eigenvalue weighted by atomic mass is 16.1. The van der Waals surface area contributed by atoms with E-state index in [2.05, 4.69) is 13.2 Å². The van der Waals surface area contributed by atoms with Gasteiger partial charge in [-0.3, -0.25) is 4.79 Å². The summed E-state index contributed by atoms with van der Waals surface area (Å²) in [6.45, 7) is 9.11. The molecule has 0 aromatic heterocycles. The van der Waals surface area contributed by atoms with Gasteiger partial charge in [0, 0.05) is 23.4 Å². The lowest BCUT2D eigenvalue weighted by atomic mass is 9.86. The van der Waals surface area contributed by atoms with E-state index in [9.17, 15) is 4.79 Å². The molecule has 3 nitrogen and oxygen atoms in total. The number of carbonyl (C=O) groups excluding carboxylic acids is 1. The molecule has 0 aromatic rings. The topological polar surface area (TPSA) is 69.1 Å². The van der Waals surface area contributed by atoms with Crippen LogP contribution in [0.3, 0.4) is 0 Å². The van der Waals surface area contributed by atoms with Crippen LogP contribution in [0.4, 0.5) is 0 Å². The van der Waals surface area contributed by atoms with Gasteiger partial charge < -0.3 is 11.5 Å². The van der Waals surface area contributed by atoms with E-state index in [1.807, 2.05) is 0 Å². The summed E-state index contributed by atoms with van der Waals surface area (Å²) in [4.78, 5) is 11.8. The highest BCUT2D eigenvalue weighted by molar-refractivity contribution is 6.15. The number of rotatable bonds is 1. The second kappa shape index (κ2) is 3.54. The molecule has 3 heteroatoms. The van der Waals surface area contributed by atoms with Crippen LogP contribution in [-0.4, -0.2) is 5.78 Å². The molecule has 1 aliphatic rings. The zero-order valence-electron chi connectivity index (χ0n) is 8.26. The van der Waals surface area contributed by atoms with Gasteiger partial charge in [0.2, 0.25) is 0 Å². The monoisotopic (exact) mass is 190 g/mol. The standard InChI is InChI=1S/C11H14N2O/c1-4-8-6(2)5-9(13)10(7(3)12)11(8)14/h4H,2-3,5,12-13H2,1H3/b8-4+. The quantitative estimate of drug-likeness (QED) is 0.609. The van der Waals surface area contributed by atoms with Gasteiger partial charge in [0.25, 0.3) is 0 Å². The molecule has 0 fully saturated rings. The Kier molecular flexibility index (Phi) is 2.60. The minimum Gasteiger partial charge on any atom is -0.401 e. The van der Waals surface area contributed by atoms with Crippen molar-refractivity contribution < 1.29 is 4.79 Å². The Balaban J connectivity index is 3.30. The number of allylic oxidation sites excluding steroid dienone is 4. The Hall–Kier alpha value is -1.77. The van der Waals surface area contributed by atoms with Gasteiger partial charge in [-0.25, -0.2) is 0 Å². The van der Waals surface area contributed by atoms with Crippen molar-refractivity contribution in [3.8, 4) is 0 Å². The summed E-state index contributed by atoms with van der Waals surface area (Å²) < 4.78 is 0. The molecule has 0 spiro atoms. The summed E-state index contributed by atoms with van der Waals surface area (Å²) in [6, 6.07) is 0. The van der Waals surface area contributed by atoms with Crippen LogP contribution in [0.1, 0.15) is 13.3 Å². The van der Waals surface area contributed by atoms with Crippen molar-refractivity contribution in [3.63, 3.8) is 0 Å². The van der Waals surface area contributed by atoms with Gasteiger partial charge in [-0.2, -0.15) is 0 Å². The molecule has 0 unspecified atom stereocenters. The van der Waals surface area contributed by atoms with Crippen molar-refractivity contribution in [1.29, 1.82) is 0 Å². The average molecular weight is 190 g/mol. The largest absolute Gasteiger partial charge is 0.401 e. The van der Waals surface area contributed by atoms with E-state index >= 15 is 0 Å². The molecular formula is C11H14N2O. The first-order valence-electron chi connectivity index (χ1n) is 4.31. The SMILES string of the molecule is C=C(N)C1=C(N)CC(=C)/C(=C\C)C1=O. The Bertz CT molecular complexity index is 386. The minimum absolute atomic E-state index is 0.172. The normalized spacial score (nSPS) is 20.5. The molecule has 74 valence electrons. The third-order valence-electron chi connectivity index (χ3n) is 2.19. The van der Waals surface area contributed by atoms with Gasteiger partial charge in [0.05, 0.1) is 5.57 Å². The summed E-state index contributed by atoms with van der Waals surface area (Å²) in [5.74, 6) is -0.172. The summed E-state index contributed by atoms with van der Waals surface area (Å²) in [6.07, 6.45) is 2.21. The minimum atomic E-state index is -0.172. The lowest BCUT2D eigenvalue weighted by Gasteiger charge is -2.20. The van der Waals surface area contributed by atoms with E-state index in [1.165, 1.54) is 0 Å². The summed E-state index contributed by atoms with van der Waals surface area (Å²) in [7, 11) is 0. The predicted octanol–water partition coefficient (Wildman–Crippen LogP) is 1.15. The molecule has 0 radical (unpaired) electrons. The molecule has 0 bridgehead atoms. The van der Waals surface area contributed by atoms with Gasteiger partial charge in [0.1, 0.15) is 0 Å². The van der Waals surface area contributed by atoms with E-state index in [1.54, 1.807) is 13.0 Å². The lowest BCUT2D eigenvalue weighted by molar-refractivity contribution is -0.112. The molecule has 0 aliphatic heterocycles. The van der Waals surface area contributed by atoms with Crippen LogP contribution in [0.5, 0.6) is 0 Å². The van der Waals surface area contributed by atoms with Crippen molar-refractivity contribution in [3.05, 3.63) is 47.3 Å². The maximum absolute atomic E-state index is 11.8. The highest BCUT2D eigenvalue weighted by Gasteiger charge is 2.26. The van der Waals surface area contributed by atoms with Crippen LogP contribution in [0, 0.1) is 0 Å². The maximum atomic E-state index is 11.8. The van der Waals surface area contributed by atoms with Gasteiger partial charge >= 0.3 is 0 Å². The van der Waals surface area contributed by atoms with Crippen LogP contribution < -0.4 is 11.5 Å². The second-order valence-electron chi connectivity index (χ2n) is 3.24. The summed E-state index contributed by atoms with van der Waals surface area (Å²) >= 11 is 0. The third-order valence-corrected chi connectivity index (χ3v) is 2.19. The maximum Gasteiger partial charge on any atom is 0.196 e. The molecule has 1 rings (SSSR count). The molecule has 1 aliphatic carbocycles. The number of Topliss-reactive ketones (excluding diaryl/α,β-unsaturated/α-hetero) is 1. The number of nitrogens with two attached hydrogens (primary N) is 2. The van der Waals surface area contributed by atoms with Crippen LogP contribution in [0.2, 0.25) is 0 Å². The highest BCUT2D eigenvalue weighted by Crippen LogP contribution is 2.28. The summed E-state index contributed by atoms with van der Waals surface area (Å²) in [5.41, 5.74) is 13.5. The smallest absolute Gasteiger partial charge is 0.196 e. The Labute approximate surface area is 83.5 Å². The number of carbonyl (C=O) groups is 1. The number of ketones is 1. The molecule has 0 amide bonds. The predicted molar refractivity (Wildman–Crippen MR) is 57.1 cm³/mol. The molecule has 0 heterocycles. The molecule has 4 N–H and O–H groups in total. The fourth-order valence-corrected chi connectivity index (χ4v) is 1.54. The van der Waals surface area contributed by atoms with Crippen LogP contribution in [0.25, 0.3) is 0 Å². The van der Waals surface area contributed by atoms with Gasteiger partial charge in [-0.1, -0.05) is 19.2 Å². The number of hydrogen-bond donors (Lipinski definition) is 2. The van der Waals surface area contributed by atoms with Crippen molar-refractivity contribution in [2.75, 3.05) is 0 Å². The average Bonchev–Trinajstić information content (AvgIpc) is 2.02. The van der Waals surface area contributed by atoms with E-state index < -0.39 is 0 Å². The van der Waals surface area contributed by atoms with Gasteiger partial charge in [-0.05, 0) is 12.5 Å². The first-order valence-corrected chi connectivity index (χ1v) is 4.31. The molecule has 0 atom stereocenters. The van der Waals surface area contributed by atoms with Crippen LogP contribution >= 0.6 is 0 Å². The Morgan fingerprint density at radius 1 is 1.57 bits per heavy atom. The molecule has 0 saturated carbocycles. The molecule has 0 aromatic carbocycles. The first-order chi connectivity index (χ1) is 6.49. The zero-order valence-corrected chi connectivity index (χ0v) is 8.26. The molecule has 0 saturated heterocycles.